The number of carboxylic acids is 1. The van der Waals surface area contributed by atoms with Crippen LogP contribution in [0.2, 0.25) is 0 Å². The molecule has 0 unspecified atom stereocenters. The van der Waals surface area contributed by atoms with Gasteiger partial charge in [-0.15, -0.1) is 0 Å². The Morgan fingerprint density at radius 1 is 1.29 bits per heavy atom. The maximum Gasteiger partial charge on any atom is 0.335 e. The van der Waals surface area contributed by atoms with Gasteiger partial charge in [0.25, 0.3) is 0 Å². The molecule has 2 rings (SSSR count). The van der Waals surface area contributed by atoms with Crippen molar-refractivity contribution in [3.05, 3.63) is 64.7 Å². The number of benzene rings is 2. The molecule has 21 heavy (non-hydrogen) atoms. The highest BCUT2D eigenvalue weighted by Crippen LogP contribution is 2.19. The van der Waals surface area contributed by atoms with Gasteiger partial charge in [0.05, 0.1) is 11.1 Å². The van der Waals surface area contributed by atoms with Crippen molar-refractivity contribution in [3.63, 3.8) is 0 Å². The molecule has 0 radical (unpaired) electrons. The van der Waals surface area contributed by atoms with Crippen LogP contribution in [0.15, 0.2) is 36.4 Å². The summed E-state index contributed by atoms with van der Waals surface area (Å²) in [6, 6.07) is 8.93. The van der Waals surface area contributed by atoms with Crippen LogP contribution in [0.4, 0.5) is 8.78 Å². The summed E-state index contributed by atoms with van der Waals surface area (Å²) < 4.78 is 32.2. The van der Waals surface area contributed by atoms with Crippen molar-refractivity contribution in [1.82, 2.24) is 0 Å². The number of aromatic carboxylic acids is 1. The molecule has 2 aromatic carbocycles. The van der Waals surface area contributed by atoms with Crippen LogP contribution < -0.4 is 4.74 Å². The van der Waals surface area contributed by atoms with Gasteiger partial charge in [-0.2, -0.15) is 5.26 Å². The SMILES string of the molecule is N#Cc1cccc(COc2cc(F)cc(C(=O)O)c2)c1F. The number of nitrogens with zero attached hydrogens (tertiary/aromatic N) is 1. The normalized spacial score (nSPS) is 9.95. The van der Waals surface area contributed by atoms with Crippen LogP contribution in [-0.2, 0) is 6.61 Å². The predicted octanol–water partition coefficient (Wildman–Crippen LogP) is 3.11. The second-order valence-corrected chi connectivity index (χ2v) is 4.16. The minimum atomic E-state index is -1.29. The van der Waals surface area contributed by atoms with Gasteiger partial charge >= 0.3 is 5.97 Å². The summed E-state index contributed by atoms with van der Waals surface area (Å²) >= 11 is 0. The number of nitriles is 1. The number of ether oxygens (including phenoxy) is 1. The third kappa shape index (κ3) is 3.34. The molecule has 106 valence electrons. The highest BCUT2D eigenvalue weighted by molar-refractivity contribution is 5.88. The smallest absolute Gasteiger partial charge is 0.335 e. The first-order valence-corrected chi connectivity index (χ1v) is 5.85. The summed E-state index contributed by atoms with van der Waals surface area (Å²) in [6.45, 7) is -0.246. The van der Waals surface area contributed by atoms with E-state index in [9.17, 15) is 13.6 Å². The molecule has 0 fully saturated rings. The fourth-order valence-electron chi connectivity index (χ4n) is 1.71. The zero-order valence-electron chi connectivity index (χ0n) is 10.6. The Morgan fingerprint density at radius 2 is 2.05 bits per heavy atom. The third-order valence-corrected chi connectivity index (χ3v) is 2.71. The highest BCUT2D eigenvalue weighted by Gasteiger charge is 2.11. The Labute approximate surface area is 118 Å². The lowest BCUT2D eigenvalue weighted by molar-refractivity contribution is 0.0695. The van der Waals surface area contributed by atoms with E-state index in [1.54, 1.807) is 6.07 Å². The number of carboxylic acid groups (broad SMARTS) is 1. The van der Waals surface area contributed by atoms with Crippen molar-refractivity contribution in [3.8, 4) is 11.8 Å². The van der Waals surface area contributed by atoms with Crippen molar-refractivity contribution in [2.75, 3.05) is 0 Å². The summed E-state index contributed by atoms with van der Waals surface area (Å²) in [5.74, 6) is -2.81. The standard InChI is InChI=1S/C15H9F2NO3/c16-12-4-11(15(19)20)5-13(6-12)21-8-10-3-1-2-9(7-18)14(10)17/h1-6H,8H2,(H,19,20). The molecule has 6 heteroatoms. The fourth-order valence-corrected chi connectivity index (χ4v) is 1.71. The molecule has 2 aromatic rings. The van der Waals surface area contributed by atoms with Gasteiger partial charge in [0.2, 0.25) is 0 Å². The number of halogens is 2. The van der Waals surface area contributed by atoms with Crippen molar-refractivity contribution in [1.29, 1.82) is 5.26 Å². The van der Waals surface area contributed by atoms with Gasteiger partial charge < -0.3 is 9.84 Å². The van der Waals surface area contributed by atoms with Crippen LogP contribution in [-0.4, -0.2) is 11.1 Å². The van der Waals surface area contributed by atoms with Crippen molar-refractivity contribution in [2.24, 2.45) is 0 Å². The molecule has 0 atom stereocenters. The Morgan fingerprint density at radius 3 is 2.71 bits per heavy atom. The molecule has 0 saturated carbocycles. The van der Waals surface area contributed by atoms with E-state index < -0.39 is 17.6 Å². The van der Waals surface area contributed by atoms with Gasteiger partial charge in [0, 0.05) is 11.6 Å². The molecule has 0 aliphatic heterocycles. The fraction of sp³-hybridized carbons (Fsp3) is 0.0667. The second-order valence-electron chi connectivity index (χ2n) is 4.16. The van der Waals surface area contributed by atoms with Gasteiger partial charge in [-0.1, -0.05) is 12.1 Å². The first-order valence-electron chi connectivity index (χ1n) is 5.85. The van der Waals surface area contributed by atoms with Crippen LogP contribution >= 0.6 is 0 Å². The molecule has 0 heterocycles. The van der Waals surface area contributed by atoms with E-state index in [-0.39, 0.29) is 29.0 Å². The van der Waals surface area contributed by atoms with E-state index in [1.807, 2.05) is 0 Å². The highest BCUT2D eigenvalue weighted by atomic mass is 19.1. The Kier molecular flexibility index (Phi) is 4.14. The third-order valence-electron chi connectivity index (χ3n) is 2.71. The maximum atomic E-state index is 13.8. The maximum absolute atomic E-state index is 13.8. The van der Waals surface area contributed by atoms with Crippen LogP contribution in [0, 0.1) is 23.0 Å². The molecule has 0 amide bonds. The average Bonchev–Trinajstić information content (AvgIpc) is 2.45. The zero-order chi connectivity index (χ0) is 15.4. The lowest BCUT2D eigenvalue weighted by Crippen LogP contribution is -2.02. The molecule has 4 nitrogen and oxygen atoms in total. The van der Waals surface area contributed by atoms with E-state index in [0.29, 0.717) is 0 Å². The summed E-state index contributed by atoms with van der Waals surface area (Å²) in [5, 5.41) is 17.5. The summed E-state index contributed by atoms with van der Waals surface area (Å²) in [4.78, 5) is 10.8. The van der Waals surface area contributed by atoms with E-state index in [4.69, 9.17) is 15.1 Å². The monoisotopic (exact) mass is 289 g/mol. The largest absolute Gasteiger partial charge is 0.489 e. The summed E-state index contributed by atoms with van der Waals surface area (Å²) in [7, 11) is 0. The van der Waals surface area contributed by atoms with Gasteiger partial charge in [-0.25, -0.2) is 13.6 Å². The first kappa shape index (κ1) is 14.5. The van der Waals surface area contributed by atoms with Crippen LogP contribution in [0.5, 0.6) is 5.75 Å². The Balaban J connectivity index is 2.21. The Bertz CT molecular complexity index is 738. The van der Waals surface area contributed by atoms with Crippen molar-refractivity contribution >= 4 is 5.97 Å². The quantitative estimate of drug-likeness (QED) is 0.938. The minimum Gasteiger partial charge on any atom is -0.489 e. The first-order chi connectivity index (χ1) is 10.0. The number of carbonyl (C=O) groups is 1. The van der Waals surface area contributed by atoms with Crippen LogP contribution in [0.3, 0.4) is 0 Å². The van der Waals surface area contributed by atoms with E-state index >= 15 is 0 Å². The predicted molar refractivity (Wildman–Crippen MR) is 68.8 cm³/mol. The molecule has 0 aliphatic carbocycles. The molecule has 0 saturated heterocycles. The minimum absolute atomic E-state index is 0.0332. The number of hydrogen-bond acceptors (Lipinski definition) is 3. The van der Waals surface area contributed by atoms with Gasteiger partial charge in [-0.3, -0.25) is 0 Å². The lowest BCUT2D eigenvalue weighted by Gasteiger charge is -2.08. The number of hydrogen-bond donors (Lipinski definition) is 1. The summed E-state index contributed by atoms with van der Waals surface area (Å²) in [6.07, 6.45) is 0. The van der Waals surface area contributed by atoms with Crippen LogP contribution in [0.1, 0.15) is 21.5 Å². The molecule has 0 aromatic heterocycles. The molecular weight excluding hydrogens is 280 g/mol. The molecular formula is C15H9F2NO3. The summed E-state index contributed by atoms with van der Waals surface area (Å²) in [5.41, 5.74) is -0.270. The number of rotatable bonds is 4. The Hall–Kier alpha value is -2.94. The van der Waals surface area contributed by atoms with E-state index in [1.165, 1.54) is 18.2 Å². The molecule has 0 aliphatic rings. The van der Waals surface area contributed by atoms with Gasteiger partial charge in [0.1, 0.15) is 30.1 Å². The zero-order valence-corrected chi connectivity index (χ0v) is 10.6. The van der Waals surface area contributed by atoms with Gasteiger partial charge in [0.15, 0.2) is 0 Å². The van der Waals surface area contributed by atoms with Gasteiger partial charge in [-0.05, 0) is 18.2 Å². The molecule has 0 bridgehead atoms. The van der Waals surface area contributed by atoms with Crippen LogP contribution in [0.25, 0.3) is 0 Å². The molecule has 1 N–H and O–H groups in total. The van der Waals surface area contributed by atoms with E-state index in [2.05, 4.69) is 0 Å². The van der Waals surface area contributed by atoms with Crippen molar-refractivity contribution in [2.45, 2.75) is 6.61 Å². The van der Waals surface area contributed by atoms with Crippen molar-refractivity contribution < 1.29 is 23.4 Å². The molecule has 0 spiro atoms. The topological polar surface area (TPSA) is 70.3 Å². The van der Waals surface area contributed by atoms with E-state index in [0.717, 1.165) is 18.2 Å². The lowest BCUT2D eigenvalue weighted by atomic mass is 10.1. The average molecular weight is 289 g/mol. The second kappa shape index (κ2) is 6.01.